The highest BCUT2D eigenvalue weighted by molar-refractivity contribution is 5.49. The summed E-state index contributed by atoms with van der Waals surface area (Å²) in [7, 11) is 2.93. The standard InChI is InChI=1S/C12H16F3NO2/c1-8-4-5-9(6-10(8)12(13,14)15)16-7-11(17-2)18-3/h4-6,11,16H,7H2,1-3H3. The smallest absolute Gasteiger partial charge is 0.380 e. The molecule has 102 valence electrons. The third-order valence-electron chi connectivity index (χ3n) is 2.54. The van der Waals surface area contributed by atoms with Crippen LogP contribution in [0, 0.1) is 6.92 Å². The molecule has 0 saturated carbocycles. The average Bonchev–Trinajstić information content (AvgIpc) is 2.31. The number of methoxy groups -OCH3 is 2. The van der Waals surface area contributed by atoms with Gasteiger partial charge in [0.25, 0.3) is 0 Å². The van der Waals surface area contributed by atoms with Crippen molar-refractivity contribution in [1.29, 1.82) is 0 Å². The van der Waals surface area contributed by atoms with Crippen molar-refractivity contribution >= 4 is 5.69 Å². The van der Waals surface area contributed by atoms with Crippen LogP contribution in [0.3, 0.4) is 0 Å². The van der Waals surface area contributed by atoms with Gasteiger partial charge in [-0.2, -0.15) is 13.2 Å². The molecule has 6 heteroatoms. The fourth-order valence-electron chi connectivity index (χ4n) is 1.50. The van der Waals surface area contributed by atoms with Crippen molar-refractivity contribution < 1.29 is 22.6 Å². The van der Waals surface area contributed by atoms with Crippen LogP contribution in [0.1, 0.15) is 11.1 Å². The molecule has 0 radical (unpaired) electrons. The van der Waals surface area contributed by atoms with Gasteiger partial charge in [-0.25, -0.2) is 0 Å². The van der Waals surface area contributed by atoms with Gasteiger partial charge in [-0.3, -0.25) is 0 Å². The summed E-state index contributed by atoms with van der Waals surface area (Å²) in [6.45, 7) is 1.70. The van der Waals surface area contributed by atoms with Crippen LogP contribution in [0.25, 0.3) is 0 Å². The molecule has 0 fully saturated rings. The minimum Gasteiger partial charge on any atom is -0.380 e. The minimum atomic E-state index is -4.34. The van der Waals surface area contributed by atoms with E-state index < -0.39 is 18.0 Å². The number of anilines is 1. The Balaban J connectivity index is 2.80. The van der Waals surface area contributed by atoms with Crippen LogP contribution in [-0.4, -0.2) is 27.1 Å². The SMILES string of the molecule is COC(CNc1ccc(C)c(C(F)(F)F)c1)OC. The van der Waals surface area contributed by atoms with E-state index >= 15 is 0 Å². The van der Waals surface area contributed by atoms with Gasteiger partial charge in [0.2, 0.25) is 0 Å². The molecule has 3 nitrogen and oxygen atoms in total. The van der Waals surface area contributed by atoms with E-state index in [0.29, 0.717) is 5.69 Å². The lowest BCUT2D eigenvalue weighted by Crippen LogP contribution is -2.23. The zero-order chi connectivity index (χ0) is 13.8. The number of ether oxygens (including phenoxy) is 2. The Labute approximate surface area is 104 Å². The number of halogens is 3. The molecule has 0 amide bonds. The fraction of sp³-hybridized carbons (Fsp3) is 0.500. The van der Waals surface area contributed by atoms with Crippen LogP contribution < -0.4 is 5.32 Å². The second-order valence-electron chi connectivity index (χ2n) is 3.81. The van der Waals surface area contributed by atoms with E-state index in [2.05, 4.69) is 5.32 Å². The maximum Gasteiger partial charge on any atom is 0.416 e. The van der Waals surface area contributed by atoms with E-state index in [4.69, 9.17) is 9.47 Å². The summed E-state index contributed by atoms with van der Waals surface area (Å²) in [5.74, 6) is 0. The Kier molecular flexibility index (Phi) is 4.98. The van der Waals surface area contributed by atoms with Crippen molar-refractivity contribution in [3.05, 3.63) is 29.3 Å². The Bertz CT molecular complexity index is 389. The summed E-state index contributed by atoms with van der Waals surface area (Å²) in [6, 6.07) is 4.10. The van der Waals surface area contributed by atoms with Gasteiger partial charge >= 0.3 is 6.18 Å². The van der Waals surface area contributed by atoms with Crippen LogP contribution in [0.4, 0.5) is 18.9 Å². The lowest BCUT2D eigenvalue weighted by atomic mass is 10.1. The van der Waals surface area contributed by atoms with Crippen molar-refractivity contribution in [2.24, 2.45) is 0 Å². The normalized spacial score (nSPS) is 11.9. The van der Waals surface area contributed by atoms with Crippen LogP contribution in [-0.2, 0) is 15.7 Å². The summed E-state index contributed by atoms with van der Waals surface area (Å²) >= 11 is 0. The Morgan fingerprint density at radius 3 is 2.33 bits per heavy atom. The molecule has 0 aromatic heterocycles. The second-order valence-corrected chi connectivity index (χ2v) is 3.81. The monoisotopic (exact) mass is 263 g/mol. The summed E-state index contributed by atoms with van der Waals surface area (Å²) in [6.07, 6.45) is -4.84. The molecule has 18 heavy (non-hydrogen) atoms. The predicted octanol–water partition coefficient (Wildman–Crippen LogP) is 3.04. The molecular formula is C12H16F3NO2. The largest absolute Gasteiger partial charge is 0.416 e. The maximum atomic E-state index is 12.7. The third-order valence-corrected chi connectivity index (χ3v) is 2.54. The summed E-state index contributed by atoms with van der Waals surface area (Å²) in [5, 5.41) is 2.84. The van der Waals surface area contributed by atoms with E-state index in [9.17, 15) is 13.2 Å². The van der Waals surface area contributed by atoms with E-state index in [1.165, 1.54) is 27.2 Å². The number of hydrogen-bond donors (Lipinski definition) is 1. The predicted molar refractivity (Wildman–Crippen MR) is 62.5 cm³/mol. The minimum absolute atomic E-state index is 0.197. The molecule has 0 spiro atoms. The number of nitrogens with one attached hydrogen (secondary N) is 1. The zero-order valence-electron chi connectivity index (χ0n) is 10.5. The molecular weight excluding hydrogens is 247 g/mol. The molecule has 0 aliphatic heterocycles. The first-order valence-electron chi connectivity index (χ1n) is 5.35. The van der Waals surface area contributed by atoms with Crippen LogP contribution in [0.5, 0.6) is 0 Å². The van der Waals surface area contributed by atoms with Crippen molar-refractivity contribution in [3.8, 4) is 0 Å². The molecule has 0 bridgehead atoms. The van der Waals surface area contributed by atoms with E-state index in [0.717, 1.165) is 6.07 Å². The first-order valence-corrected chi connectivity index (χ1v) is 5.35. The number of alkyl halides is 3. The molecule has 1 N–H and O–H groups in total. The molecule has 0 saturated heterocycles. The highest BCUT2D eigenvalue weighted by Gasteiger charge is 2.32. The first kappa shape index (κ1) is 14.8. The van der Waals surface area contributed by atoms with E-state index in [1.54, 1.807) is 6.07 Å². The molecule has 1 aromatic rings. The van der Waals surface area contributed by atoms with Crippen molar-refractivity contribution in [2.45, 2.75) is 19.4 Å². The average molecular weight is 263 g/mol. The lowest BCUT2D eigenvalue weighted by molar-refractivity contribution is -0.138. The zero-order valence-corrected chi connectivity index (χ0v) is 10.5. The highest BCUT2D eigenvalue weighted by atomic mass is 19.4. The van der Waals surface area contributed by atoms with Crippen LogP contribution in [0.15, 0.2) is 18.2 Å². The van der Waals surface area contributed by atoms with E-state index in [-0.39, 0.29) is 12.1 Å². The summed E-state index contributed by atoms with van der Waals surface area (Å²) < 4.78 is 47.9. The summed E-state index contributed by atoms with van der Waals surface area (Å²) in [5.41, 5.74) is -0.0611. The maximum absolute atomic E-state index is 12.7. The summed E-state index contributed by atoms with van der Waals surface area (Å²) in [4.78, 5) is 0. The Morgan fingerprint density at radius 2 is 1.83 bits per heavy atom. The van der Waals surface area contributed by atoms with Gasteiger partial charge in [0.05, 0.1) is 12.1 Å². The molecule has 1 rings (SSSR count). The number of benzene rings is 1. The van der Waals surface area contributed by atoms with Crippen LogP contribution in [0.2, 0.25) is 0 Å². The van der Waals surface area contributed by atoms with Crippen molar-refractivity contribution in [3.63, 3.8) is 0 Å². The fourth-order valence-corrected chi connectivity index (χ4v) is 1.50. The van der Waals surface area contributed by atoms with Gasteiger partial charge in [-0.15, -0.1) is 0 Å². The van der Waals surface area contributed by atoms with Gasteiger partial charge < -0.3 is 14.8 Å². The van der Waals surface area contributed by atoms with Crippen molar-refractivity contribution in [2.75, 3.05) is 26.1 Å². The van der Waals surface area contributed by atoms with Gasteiger partial charge in [0, 0.05) is 19.9 Å². The van der Waals surface area contributed by atoms with Gasteiger partial charge in [0.1, 0.15) is 0 Å². The topological polar surface area (TPSA) is 30.5 Å². The van der Waals surface area contributed by atoms with Gasteiger partial charge in [0.15, 0.2) is 6.29 Å². The number of hydrogen-bond acceptors (Lipinski definition) is 3. The second kappa shape index (κ2) is 6.06. The Morgan fingerprint density at radius 1 is 1.22 bits per heavy atom. The quantitative estimate of drug-likeness (QED) is 0.828. The van der Waals surface area contributed by atoms with Crippen LogP contribution >= 0.6 is 0 Å². The Hall–Kier alpha value is -1.27. The third kappa shape index (κ3) is 3.89. The molecule has 0 heterocycles. The van der Waals surface area contributed by atoms with Crippen molar-refractivity contribution in [1.82, 2.24) is 0 Å². The molecule has 0 aliphatic rings. The van der Waals surface area contributed by atoms with E-state index in [1.807, 2.05) is 0 Å². The number of rotatable bonds is 5. The lowest BCUT2D eigenvalue weighted by Gasteiger charge is -2.16. The highest BCUT2D eigenvalue weighted by Crippen LogP contribution is 2.33. The van der Waals surface area contributed by atoms with Gasteiger partial charge in [-0.1, -0.05) is 6.07 Å². The molecule has 0 aliphatic carbocycles. The molecule has 0 atom stereocenters. The molecule has 1 aromatic carbocycles. The first-order chi connectivity index (χ1) is 8.38. The number of aryl methyl sites for hydroxylation is 1. The van der Waals surface area contributed by atoms with Gasteiger partial charge in [-0.05, 0) is 24.6 Å². The molecule has 0 unspecified atom stereocenters.